The number of benzene rings is 1. The van der Waals surface area contributed by atoms with Gasteiger partial charge in [-0.05, 0) is 25.5 Å². The molecule has 0 amide bonds. The van der Waals surface area contributed by atoms with E-state index in [0.717, 1.165) is 5.56 Å². The fourth-order valence-electron chi connectivity index (χ4n) is 1.47. The summed E-state index contributed by atoms with van der Waals surface area (Å²) in [5, 5.41) is 0. The second-order valence-corrected chi connectivity index (χ2v) is 3.48. The first-order valence-electron chi connectivity index (χ1n) is 5.09. The van der Waals surface area contributed by atoms with Crippen LogP contribution in [0.3, 0.4) is 0 Å². The Kier molecular flexibility index (Phi) is 4.40. The lowest BCUT2D eigenvalue weighted by atomic mass is 10.0. The van der Waals surface area contributed by atoms with E-state index in [1.54, 1.807) is 26.0 Å². The predicted octanol–water partition coefficient (Wildman–Crippen LogP) is 2.98. The Bertz CT molecular complexity index is 375. The van der Waals surface area contributed by atoms with Crippen molar-refractivity contribution in [3.05, 3.63) is 34.9 Å². The van der Waals surface area contributed by atoms with Crippen LogP contribution in [0.15, 0.2) is 18.2 Å². The minimum atomic E-state index is -2.46. The Balaban J connectivity index is 3.02. The number of hydrogen-bond acceptors (Lipinski definition) is 2. The van der Waals surface area contributed by atoms with Crippen molar-refractivity contribution in [1.29, 1.82) is 0 Å². The van der Waals surface area contributed by atoms with Crippen molar-refractivity contribution in [2.24, 2.45) is 0 Å². The first-order valence-corrected chi connectivity index (χ1v) is 5.09. The summed E-state index contributed by atoms with van der Waals surface area (Å²) in [6, 6.07) is 4.84. The number of rotatable bonds is 4. The number of carbonyl (C=O) groups is 1. The minimum Gasteiger partial charge on any atom is -0.462 e. The van der Waals surface area contributed by atoms with Crippen molar-refractivity contribution in [3.8, 4) is 0 Å². The number of esters is 1. The van der Waals surface area contributed by atoms with E-state index < -0.39 is 18.8 Å². The zero-order valence-electron chi connectivity index (χ0n) is 9.30. The molecule has 0 aliphatic heterocycles. The Morgan fingerprint density at radius 3 is 2.69 bits per heavy atom. The molecule has 0 N–H and O–H groups in total. The summed E-state index contributed by atoms with van der Waals surface area (Å²) in [6.45, 7) is 3.71. The first-order chi connectivity index (χ1) is 7.54. The van der Waals surface area contributed by atoms with Crippen LogP contribution in [0.1, 0.15) is 28.4 Å². The van der Waals surface area contributed by atoms with Crippen LogP contribution in [0.2, 0.25) is 0 Å². The van der Waals surface area contributed by atoms with Gasteiger partial charge in [0.25, 0.3) is 0 Å². The molecule has 16 heavy (non-hydrogen) atoms. The van der Waals surface area contributed by atoms with Crippen LogP contribution in [0.25, 0.3) is 0 Å². The number of halogens is 2. The van der Waals surface area contributed by atoms with Gasteiger partial charge >= 0.3 is 5.97 Å². The third kappa shape index (κ3) is 3.29. The Morgan fingerprint density at radius 1 is 1.44 bits per heavy atom. The maximum atomic E-state index is 12.3. The second-order valence-electron chi connectivity index (χ2n) is 3.48. The number of ether oxygens (including phenoxy) is 1. The molecular weight excluding hydrogens is 214 g/mol. The van der Waals surface area contributed by atoms with Gasteiger partial charge in [-0.2, -0.15) is 0 Å². The van der Waals surface area contributed by atoms with Gasteiger partial charge in [0.05, 0.1) is 12.2 Å². The smallest absolute Gasteiger partial charge is 0.338 e. The summed E-state index contributed by atoms with van der Waals surface area (Å²) in [6.07, 6.45) is -2.88. The molecule has 0 bridgehead atoms. The normalized spacial score (nSPS) is 10.6. The van der Waals surface area contributed by atoms with Crippen LogP contribution in [0.5, 0.6) is 0 Å². The lowest BCUT2D eigenvalue weighted by molar-refractivity contribution is 0.0524. The van der Waals surface area contributed by atoms with Gasteiger partial charge in [-0.25, -0.2) is 13.6 Å². The molecule has 0 aromatic heterocycles. The highest BCUT2D eigenvalue weighted by molar-refractivity contribution is 5.91. The monoisotopic (exact) mass is 228 g/mol. The molecule has 1 aromatic rings. The van der Waals surface area contributed by atoms with E-state index in [2.05, 4.69) is 0 Å². The molecule has 0 aliphatic rings. The van der Waals surface area contributed by atoms with Gasteiger partial charge < -0.3 is 4.74 Å². The molecule has 88 valence electrons. The summed E-state index contributed by atoms with van der Waals surface area (Å²) >= 11 is 0. The van der Waals surface area contributed by atoms with Crippen molar-refractivity contribution in [3.63, 3.8) is 0 Å². The predicted molar refractivity (Wildman–Crippen MR) is 56.8 cm³/mol. The fourth-order valence-corrected chi connectivity index (χ4v) is 1.47. The van der Waals surface area contributed by atoms with Crippen molar-refractivity contribution in [2.75, 3.05) is 6.61 Å². The van der Waals surface area contributed by atoms with E-state index >= 15 is 0 Å². The molecular formula is C12H14F2O2. The van der Waals surface area contributed by atoms with Crippen LogP contribution in [0.4, 0.5) is 8.78 Å². The van der Waals surface area contributed by atoms with Crippen LogP contribution in [-0.4, -0.2) is 19.0 Å². The van der Waals surface area contributed by atoms with Gasteiger partial charge in [-0.15, -0.1) is 0 Å². The molecule has 0 aliphatic carbocycles. The Morgan fingerprint density at radius 2 is 2.12 bits per heavy atom. The summed E-state index contributed by atoms with van der Waals surface area (Å²) in [5.41, 5.74) is 1.42. The Hall–Kier alpha value is -1.45. The molecule has 0 saturated carbocycles. The summed E-state index contributed by atoms with van der Waals surface area (Å²) in [7, 11) is 0. The minimum absolute atomic E-state index is 0.229. The molecule has 1 aromatic carbocycles. The topological polar surface area (TPSA) is 26.3 Å². The molecule has 0 heterocycles. The van der Waals surface area contributed by atoms with Gasteiger partial charge in [0, 0.05) is 6.42 Å². The average Bonchev–Trinajstić information content (AvgIpc) is 2.16. The maximum Gasteiger partial charge on any atom is 0.338 e. The number of aryl methyl sites for hydroxylation is 1. The molecule has 0 unspecified atom stereocenters. The van der Waals surface area contributed by atoms with E-state index in [9.17, 15) is 13.6 Å². The van der Waals surface area contributed by atoms with Crippen LogP contribution in [-0.2, 0) is 11.2 Å². The summed E-state index contributed by atoms with van der Waals surface area (Å²) < 4.78 is 29.5. The van der Waals surface area contributed by atoms with E-state index in [1.807, 2.05) is 0 Å². The SMILES string of the molecule is CCOC(=O)c1ccc(C)cc1CC(F)F. The number of carbonyl (C=O) groups excluding carboxylic acids is 1. The van der Waals surface area contributed by atoms with Crippen LogP contribution in [0, 0.1) is 6.92 Å². The lowest BCUT2D eigenvalue weighted by Gasteiger charge is -2.09. The van der Waals surface area contributed by atoms with Crippen LogP contribution >= 0.6 is 0 Å². The van der Waals surface area contributed by atoms with Gasteiger partial charge in [0.15, 0.2) is 0 Å². The van der Waals surface area contributed by atoms with Gasteiger partial charge in [0.2, 0.25) is 6.43 Å². The van der Waals surface area contributed by atoms with E-state index in [4.69, 9.17) is 4.74 Å². The molecule has 0 fully saturated rings. The zero-order valence-corrected chi connectivity index (χ0v) is 9.30. The van der Waals surface area contributed by atoms with Crippen molar-refractivity contribution >= 4 is 5.97 Å². The fraction of sp³-hybridized carbons (Fsp3) is 0.417. The van der Waals surface area contributed by atoms with E-state index in [1.165, 1.54) is 6.07 Å². The summed E-state index contributed by atoms with van der Waals surface area (Å²) in [5.74, 6) is -0.543. The van der Waals surface area contributed by atoms with Crippen LogP contribution < -0.4 is 0 Å². The van der Waals surface area contributed by atoms with E-state index in [0.29, 0.717) is 5.56 Å². The molecule has 0 spiro atoms. The number of alkyl halides is 2. The van der Waals surface area contributed by atoms with Gasteiger partial charge in [-0.1, -0.05) is 17.7 Å². The largest absolute Gasteiger partial charge is 0.462 e. The average molecular weight is 228 g/mol. The molecule has 0 saturated heterocycles. The number of hydrogen-bond donors (Lipinski definition) is 0. The van der Waals surface area contributed by atoms with Gasteiger partial charge in [-0.3, -0.25) is 0 Å². The highest BCUT2D eigenvalue weighted by atomic mass is 19.3. The van der Waals surface area contributed by atoms with Gasteiger partial charge in [0.1, 0.15) is 0 Å². The van der Waals surface area contributed by atoms with Crippen molar-refractivity contribution in [2.45, 2.75) is 26.7 Å². The highest BCUT2D eigenvalue weighted by Gasteiger charge is 2.15. The molecule has 4 heteroatoms. The molecule has 1 rings (SSSR count). The Labute approximate surface area is 93.2 Å². The lowest BCUT2D eigenvalue weighted by Crippen LogP contribution is -2.10. The third-order valence-corrected chi connectivity index (χ3v) is 2.13. The standard InChI is InChI=1S/C12H14F2O2/c1-3-16-12(15)10-5-4-8(2)6-9(10)7-11(13)14/h4-6,11H,3,7H2,1-2H3. The third-order valence-electron chi connectivity index (χ3n) is 2.13. The molecule has 0 atom stereocenters. The van der Waals surface area contributed by atoms with Crippen molar-refractivity contribution in [1.82, 2.24) is 0 Å². The second kappa shape index (κ2) is 5.58. The summed E-state index contributed by atoms with van der Waals surface area (Å²) in [4.78, 5) is 11.5. The van der Waals surface area contributed by atoms with E-state index in [-0.39, 0.29) is 12.2 Å². The quantitative estimate of drug-likeness (QED) is 0.740. The van der Waals surface area contributed by atoms with Crippen molar-refractivity contribution < 1.29 is 18.3 Å². The molecule has 0 radical (unpaired) electrons. The molecule has 2 nitrogen and oxygen atoms in total. The zero-order chi connectivity index (χ0) is 12.1. The maximum absolute atomic E-state index is 12.3. The highest BCUT2D eigenvalue weighted by Crippen LogP contribution is 2.16. The first kappa shape index (κ1) is 12.6.